The zero-order valence-electron chi connectivity index (χ0n) is 14.2. The van der Waals surface area contributed by atoms with Crippen molar-refractivity contribution in [3.8, 4) is 0 Å². The van der Waals surface area contributed by atoms with Crippen LogP contribution in [0.3, 0.4) is 0 Å². The highest BCUT2D eigenvalue weighted by Gasteiger charge is 2.32. The first-order chi connectivity index (χ1) is 8.81. The van der Waals surface area contributed by atoms with E-state index in [1.807, 2.05) is 0 Å². The molecule has 0 aliphatic rings. The molecule has 0 aromatic heterocycles. The summed E-state index contributed by atoms with van der Waals surface area (Å²) >= 11 is -1.18. The van der Waals surface area contributed by atoms with Crippen LogP contribution in [0.5, 0.6) is 0 Å². The van der Waals surface area contributed by atoms with Gasteiger partial charge < -0.3 is 3.79 Å². The Morgan fingerprint density at radius 3 is 1.84 bits per heavy atom. The molecule has 0 atom stereocenters. The van der Waals surface area contributed by atoms with E-state index in [-0.39, 0.29) is 0 Å². The summed E-state index contributed by atoms with van der Waals surface area (Å²) in [7, 11) is 0. The van der Waals surface area contributed by atoms with Gasteiger partial charge in [-0.15, -0.1) is 0 Å². The van der Waals surface area contributed by atoms with Crippen LogP contribution in [0.2, 0.25) is 9.56 Å². The number of nitrogens with zero attached hydrogens (tertiary/aromatic N) is 1. The summed E-state index contributed by atoms with van der Waals surface area (Å²) in [6, 6.07) is 0.354. The van der Waals surface area contributed by atoms with Crippen LogP contribution in [0.25, 0.3) is 0 Å². The summed E-state index contributed by atoms with van der Waals surface area (Å²) < 4.78 is 7.69. The molecule has 0 aromatic carbocycles. The van der Waals surface area contributed by atoms with Crippen molar-refractivity contribution < 1.29 is 3.79 Å². The Hall–Kier alpha value is -0.258. The van der Waals surface area contributed by atoms with Gasteiger partial charge in [-0.25, -0.2) is 0 Å². The Morgan fingerprint density at radius 2 is 1.53 bits per heavy atom. The van der Waals surface area contributed by atoms with Crippen molar-refractivity contribution in [1.29, 1.82) is 0 Å². The van der Waals surface area contributed by atoms with E-state index in [9.17, 15) is 0 Å². The number of rotatable bonds is 8. The van der Waals surface area contributed by atoms with E-state index in [1.54, 1.807) is 0 Å². The highest BCUT2D eigenvalue weighted by Crippen LogP contribution is 2.24. The zero-order chi connectivity index (χ0) is 15.0. The van der Waals surface area contributed by atoms with Crippen molar-refractivity contribution in [3.63, 3.8) is 0 Å². The third-order valence-electron chi connectivity index (χ3n) is 3.06. The molecule has 0 aliphatic carbocycles. The first kappa shape index (κ1) is 18.7. The lowest BCUT2D eigenvalue weighted by Gasteiger charge is -2.23. The Bertz CT molecular complexity index is 298. The Kier molecular flexibility index (Phi) is 9.49. The molecule has 3 heteroatoms. The van der Waals surface area contributed by atoms with E-state index in [1.165, 1.54) is 0 Å². The predicted octanol–water partition coefficient (Wildman–Crippen LogP) is 5.37. The Labute approximate surface area is 125 Å². The normalized spacial score (nSPS) is 13.6. The van der Waals surface area contributed by atoms with Crippen LogP contribution in [0.4, 0.5) is 0 Å². The quantitative estimate of drug-likeness (QED) is 0.333. The molecule has 0 saturated heterocycles. The van der Waals surface area contributed by atoms with Crippen LogP contribution in [-0.2, 0) is 3.79 Å². The molecular weight excluding hydrogens is 249 g/mol. The van der Waals surface area contributed by atoms with Crippen molar-refractivity contribution in [3.05, 3.63) is 11.8 Å². The maximum absolute atomic E-state index is 6.36. The fourth-order valence-electron chi connectivity index (χ4n) is 2.18. The topological polar surface area (TPSA) is 21.6 Å². The van der Waals surface area contributed by atoms with Gasteiger partial charge in [0.05, 0.1) is 5.76 Å². The van der Waals surface area contributed by atoms with Gasteiger partial charge in [-0.1, -0.05) is 41.5 Å². The number of hydrogen-bond acceptors (Lipinski definition) is 2. The highest BCUT2D eigenvalue weighted by molar-refractivity contribution is 6.55. The largest absolute Gasteiger partial charge is 0.645 e. The lowest BCUT2D eigenvalue weighted by molar-refractivity contribution is 0.398. The van der Waals surface area contributed by atoms with Crippen LogP contribution in [0, 0.1) is 0 Å². The fraction of sp³-hybridized carbons (Fsp3) is 0.812. The molecule has 0 bridgehead atoms. The molecule has 0 N–H and O–H groups in total. The average Bonchev–Trinajstić information content (AvgIpc) is 2.31. The van der Waals surface area contributed by atoms with Gasteiger partial charge in [0.1, 0.15) is 0 Å². The average molecular weight is 281 g/mol. The van der Waals surface area contributed by atoms with E-state index < -0.39 is 14.5 Å². The van der Waals surface area contributed by atoms with Gasteiger partial charge in [-0.05, 0) is 42.3 Å². The molecule has 0 heterocycles. The van der Waals surface area contributed by atoms with Gasteiger partial charge in [0.25, 0.3) is 0 Å². The monoisotopic (exact) mass is 281 g/mol. The highest BCUT2D eigenvalue weighted by atomic mass is 27.2. The maximum Gasteiger partial charge on any atom is 0.552 e. The summed E-state index contributed by atoms with van der Waals surface area (Å²) in [6.07, 6.45) is 4.10. The summed E-state index contributed by atoms with van der Waals surface area (Å²) in [5, 5.41) is 0. The minimum absolute atomic E-state index is 0.354. The molecule has 0 amide bonds. The second-order valence-corrected chi connectivity index (χ2v) is 9.93. The van der Waals surface area contributed by atoms with E-state index >= 15 is 0 Å². The third-order valence-corrected chi connectivity index (χ3v) is 6.27. The minimum Gasteiger partial charge on any atom is -0.645 e. The van der Waals surface area contributed by atoms with Gasteiger partial charge in [0, 0.05) is 11.8 Å². The van der Waals surface area contributed by atoms with E-state index in [2.05, 4.69) is 66.5 Å². The molecule has 0 aromatic rings. The molecule has 0 unspecified atom stereocenters. The van der Waals surface area contributed by atoms with Crippen LogP contribution in [0.15, 0.2) is 16.8 Å². The zero-order valence-corrected chi connectivity index (χ0v) is 15.3. The smallest absolute Gasteiger partial charge is 0.552 e. The number of aliphatic imine (C=N–C) groups is 1. The number of allylic oxidation sites excluding steroid dienone is 2. The van der Waals surface area contributed by atoms with Crippen molar-refractivity contribution in [2.24, 2.45) is 4.99 Å². The molecular formula is C16H32AlNO. The molecule has 2 nitrogen and oxygen atoms in total. The molecule has 110 valence electrons. The van der Waals surface area contributed by atoms with Crippen molar-refractivity contribution in [1.82, 2.24) is 0 Å². The van der Waals surface area contributed by atoms with Gasteiger partial charge in [-0.2, -0.15) is 0 Å². The molecule has 0 fully saturated rings. The second-order valence-electron chi connectivity index (χ2n) is 6.10. The lowest BCUT2D eigenvalue weighted by Crippen LogP contribution is -2.25. The summed E-state index contributed by atoms with van der Waals surface area (Å²) in [4.78, 5) is 4.66. The first-order valence-corrected chi connectivity index (χ1v) is 9.56. The van der Waals surface area contributed by atoms with Crippen LogP contribution < -0.4 is 0 Å². The molecule has 0 rings (SSSR count). The van der Waals surface area contributed by atoms with Crippen molar-refractivity contribution in [2.75, 3.05) is 0 Å². The Balaban J connectivity index is 4.99. The lowest BCUT2D eigenvalue weighted by atomic mass is 10.2. The van der Waals surface area contributed by atoms with Crippen LogP contribution in [0.1, 0.15) is 68.2 Å². The third kappa shape index (κ3) is 7.80. The van der Waals surface area contributed by atoms with Crippen molar-refractivity contribution in [2.45, 2.75) is 83.8 Å². The summed E-state index contributed by atoms with van der Waals surface area (Å²) in [6.45, 7) is 17.7. The van der Waals surface area contributed by atoms with E-state index in [0.717, 1.165) is 24.3 Å². The first-order valence-electron chi connectivity index (χ1n) is 7.75. The molecule has 0 aliphatic heterocycles. The van der Waals surface area contributed by atoms with Gasteiger partial charge in [0.2, 0.25) is 0 Å². The number of hydrogen-bond donors (Lipinski definition) is 0. The van der Waals surface area contributed by atoms with Crippen LogP contribution >= 0.6 is 0 Å². The van der Waals surface area contributed by atoms with Crippen molar-refractivity contribution >= 4 is 20.2 Å². The van der Waals surface area contributed by atoms with E-state index in [4.69, 9.17) is 3.79 Å². The van der Waals surface area contributed by atoms with E-state index in [0.29, 0.717) is 15.6 Å². The molecule has 0 radical (unpaired) electrons. The van der Waals surface area contributed by atoms with Gasteiger partial charge in [-0.3, -0.25) is 4.99 Å². The standard InChI is InChI=1S/C10H19NO.2C3H7.Al/c1-5-9(11-8(3)4)7-10(12)6-2;2*1-3-2;/h7-8,12H,5-6H2,1-4H3;2*3H,1-2H3;/q;;;+1/p-1/b10-7-,11-9?;;;. The summed E-state index contributed by atoms with van der Waals surface area (Å²) in [5.41, 5.74) is 1.16. The maximum atomic E-state index is 6.36. The minimum atomic E-state index is -1.18. The molecule has 19 heavy (non-hydrogen) atoms. The van der Waals surface area contributed by atoms with Crippen LogP contribution in [-0.4, -0.2) is 26.2 Å². The second kappa shape index (κ2) is 9.62. The predicted molar refractivity (Wildman–Crippen MR) is 88.3 cm³/mol. The summed E-state index contributed by atoms with van der Waals surface area (Å²) in [5.74, 6) is 1.13. The van der Waals surface area contributed by atoms with Gasteiger partial charge >= 0.3 is 14.5 Å². The fourth-order valence-corrected chi connectivity index (χ4v) is 4.85. The molecule has 0 saturated carbocycles. The Morgan fingerprint density at radius 1 is 1.00 bits per heavy atom. The SMILES string of the molecule is CCC(/C=C(/CC)[O][Al]([CH](C)C)[CH](C)C)=NC(C)C. The van der Waals surface area contributed by atoms with Gasteiger partial charge in [0.15, 0.2) is 0 Å². The molecule has 0 spiro atoms.